The summed E-state index contributed by atoms with van der Waals surface area (Å²) in [5.74, 6) is -1.06. The highest BCUT2D eigenvalue weighted by molar-refractivity contribution is 5.95. The van der Waals surface area contributed by atoms with Gasteiger partial charge in [-0.2, -0.15) is 0 Å². The molecule has 6 nitrogen and oxygen atoms in total. The van der Waals surface area contributed by atoms with Gasteiger partial charge in [0.1, 0.15) is 5.69 Å². The van der Waals surface area contributed by atoms with Crippen LogP contribution in [0.25, 0.3) is 10.9 Å². The van der Waals surface area contributed by atoms with Gasteiger partial charge in [-0.25, -0.2) is 4.79 Å². The van der Waals surface area contributed by atoms with Gasteiger partial charge < -0.3 is 9.67 Å². The molecule has 1 heterocycles. The Bertz CT molecular complexity index is 927. The number of aromatic carboxylic acids is 1. The van der Waals surface area contributed by atoms with E-state index in [1.807, 2.05) is 31.2 Å². The van der Waals surface area contributed by atoms with Gasteiger partial charge >= 0.3 is 5.97 Å². The average molecular weight is 310 g/mol. The Hall–Kier alpha value is -3.15. The number of hydrogen-bond donors (Lipinski definition) is 1. The Morgan fingerprint density at radius 3 is 2.65 bits per heavy atom. The number of aryl methyl sites for hydroxylation is 1. The zero-order chi connectivity index (χ0) is 16.6. The third-order valence-corrected chi connectivity index (χ3v) is 3.74. The molecular weight excluding hydrogens is 296 g/mol. The van der Waals surface area contributed by atoms with E-state index in [4.69, 9.17) is 0 Å². The maximum Gasteiger partial charge on any atom is 0.352 e. The number of carboxylic acids is 1. The van der Waals surface area contributed by atoms with Gasteiger partial charge in [0.15, 0.2) is 0 Å². The lowest BCUT2D eigenvalue weighted by Crippen LogP contribution is -2.09. The van der Waals surface area contributed by atoms with Gasteiger partial charge in [-0.15, -0.1) is 0 Å². The van der Waals surface area contributed by atoms with Crippen molar-refractivity contribution >= 4 is 22.6 Å². The Morgan fingerprint density at radius 2 is 2.00 bits per heavy atom. The van der Waals surface area contributed by atoms with E-state index in [1.165, 1.54) is 18.2 Å². The Labute approximate surface area is 131 Å². The molecule has 0 atom stereocenters. The van der Waals surface area contributed by atoms with Gasteiger partial charge in [0.2, 0.25) is 0 Å². The molecule has 0 bridgehead atoms. The first-order valence-electron chi connectivity index (χ1n) is 7.02. The van der Waals surface area contributed by atoms with Gasteiger partial charge in [-0.1, -0.05) is 29.8 Å². The quantitative estimate of drug-likeness (QED) is 0.589. The highest BCUT2D eigenvalue weighted by Gasteiger charge is 2.17. The summed E-state index contributed by atoms with van der Waals surface area (Å²) in [5.41, 5.74) is 2.79. The van der Waals surface area contributed by atoms with E-state index in [0.717, 1.165) is 11.1 Å². The van der Waals surface area contributed by atoms with E-state index in [0.29, 0.717) is 17.4 Å². The standard InChI is InChI=1S/C17H14N2O4/c1-11-3-2-4-12(7-11)10-18-15-6-5-14(19(22)23)8-13(15)9-16(18)17(20)21/h2-9H,10H2,1H3,(H,20,21). The zero-order valence-electron chi connectivity index (χ0n) is 12.4. The first-order valence-corrected chi connectivity index (χ1v) is 7.02. The molecule has 23 heavy (non-hydrogen) atoms. The second-order valence-electron chi connectivity index (χ2n) is 5.41. The summed E-state index contributed by atoms with van der Waals surface area (Å²) >= 11 is 0. The lowest BCUT2D eigenvalue weighted by Gasteiger charge is -2.09. The monoisotopic (exact) mass is 310 g/mol. The lowest BCUT2D eigenvalue weighted by atomic mass is 10.1. The molecule has 0 aliphatic carbocycles. The second-order valence-corrected chi connectivity index (χ2v) is 5.41. The number of nitro groups is 1. The van der Waals surface area contributed by atoms with Gasteiger partial charge in [0.25, 0.3) is 5.69 Å². The Kier molecular flexibility index (Phi) is 3.57. The zero-order valence-corrected chi connectivity index (χ0v) is 12.4. The van der Waals surface area contributed by atoms with Crippen molar-refractivity contribution in [3.8, 4) is 0 Å². The van der Waals surface area contributed by atoms with Crippen molar-refractivity contribution in [1.82, 2.24) is 4.57 Å². The minimum Gasteiger partial charge on any atom is -0.477 e. The van der Waals surface area contributed by atoms with E-state index in [2.05, 4.69) is 0 Å². The maximum absolute atomic E-state index is 11.5. The molecule has 3 rings (SSSR count). The summed E-state index contributed by atoms with van der Waals surface area (Å²) in [6.07, 6.45) is 0. The van der Waals surface area contributed by atoms with Crippen molar-refractivity contribution < 1.29 is 14.8 Å². The first kappa shape index (κ1) is 14.8. The van der Waals surface area contributed by atoms with Crippen molar-refractivity contribution in [3.05, 3.63) is 75.5 Å². The normalized spacial score (nSPS) is 10.8. The minimum atomic E-state index is -1.06. The van der Waals surface area contributed by atoms with Crippen molar-refractivity contribution in [3.63, 3.8) is 0 Å². The van der Waals surface area contributed by atoms with Crippen LogP contribution in [0.4, 0.5) is 5.69 Å². The summed E-state index contributed by atoms with van der Waals surface area (Å²) < 4.78 is 1.66. The molecule has 116 valence electrons. The van der Waals surface area contributed by atoms with Crippen molar-refractivity contribution in [1.29, 1.82) is 0 Å². The number of carboxylic acid groups (broad SMARTS) is 1. The molecule has 1 aromatic heterocycles. The van der Waals surface area contributed by atoms with Gasteiger partial charge in [0.05, 0.1) is 4.92 Å². The van der Waals surface area contributed by atoms with Crippen LogP contribution in [0, 0.1) is 17.0 Å². The summed E-state index contributed by atoms with van der Waals surface area (Å²) in [5, 5.41) is 20.8. The van der Waals surface area contributed by atoms with Crippen LogP contribution in [-0.4, -0.2) is 20.6 Å². The van der Waals surface area contributed by atoms with Crippen LogP contribution in [0.1, 0.15) is 21.6 Å². The third-order valence-electron chi connectivity index (χ3n) is 3.74. The van der Waals surface area contributed by atoms with E-state index in [1.54, 1.807) is 10.6 Å². The van der Waals surface area contributed by atoms with Gasteiger partial charge in [-0.05, 0) is 24.6 Å². The lowest BCUT2D eigenvalue weighted by molar-refractivity contribution is -0.384. The number of nitro benzene ring substituents is 1. The fourth-order valence-electron chi connectivity index (χ4n) is 2.71. The van der Waals surface area contributed by atoms with Crippen LogP contribution >= 0.6 is 0 Å². The van der Waals surface area contributed by atoms with Gasteiger partial charge in [-0.3, -0.25) is 10.1 Å². The average Bonchev–Trinajstić information content (AvgIpc) is 2.85. The number of aromatic nitrogens is 1. The second kappa shape index (κ2) is 5.57. The molecule has 2 aromatic carbocycles. The van der Waals surface area contributed by atoms with Crippen molar-refractivity contribution in [2.75, 3.05) is 0 Å². The molecule has 0 aliphatic heterocycles. The summed E-state index contributed by atoms with van der Waals surface area (Å²) in [6.45, 7) is 2.36. The molecule has 3 aromatic rings. The Balaban J connectivity index is 2.15. The van der Waals surface area contributed by atoms with E-state index < -0.39 is 10.9 Å². The molecule has 0 spiro atoms. The van der Waals surface area contributed by atoms with Crippen LogP contribution < -0.4 is 0 Å². The molecule has 0 saturated heterocycles. The number of benzene rings is 2. The van der Waals surface area contributed by atoms with E-state index in [-0.39, 0.29) is 11.4 Å². The number of nitrogens with zero attached hydrogens (tertiary/aromatic N) is 2. The molecular formula is C17H14N2O4. The van der Waals surface area contributed by atoms with Crippen LogP contribution in [0.3, 0.4) is 0 Å². The third kappa shape index (κ3) is 2.78. The molecule has 0 amide bonds. The summed E-state index contributed by atoms with van der Waals surface area (Å²) in [4.78, 5) is 21.9. The fourth-order valence-corrected chi connectivity index (χ4v) is 2.71. The summed E-state index contributed by atoms with van der Waals surface area (Å²) in [7, 11) is 0. The largest absolute Gasteiger partial charge is 0.477 e. The Morgan fingerprint density at radius 1 is 1.22 bits per heavy atom. The van der Waals surface area contributed by atoms with E-state index >= 15 is 0 Å². The summed E-state index contributed by atoms with van der Waals surface area (Å²) in [6, 6.07) is 13.7. The molecule has 0 saturated carbocycles. The molecule has 0 radical (unpaired) electrons. The minimum absolute atomic E-state index is 0.0536. The fraction of sp³-hybridized carbons (Fsp3) is 0.118. The maximum atomic E-state index is 11.5. The highest BCUT2D eigenvalue weighted by Crippen LogP contribution is 2.26. The topological polar surface area (TPSA) is 85.4 Å². The smallest absolute Gasteiger partial charge is 0.352 e. The molecule has 0 unspecified atom stereocenters. The van der Waals surface area contributed by atoms with Crippen LogP contribution in [0.5, 0.6) is 0 Å². The van der Waals surface area contributed by atoms with Crippen LogP contribution in [0.2, 0.25) is 0 Å². The number of hydrogen-bond acceptors (Lipinski definition) is 3. The van der Waals surface area contributed by atoms with Crippen molar-refractivity contribution in [2.45, 2.75) is 13.5 Å². The highest BCUT2D eigenvalue weighted by atomic mass is 16.6. The van der Waals surface area contributed by atoms with Gasteiger partial charge in [0, 0.05) is 29.6 Å². The number of non-ortho nitro benzene ring substituents is 1. The van der Waals surface area contributed by atoms with Crippen LogP contribution in [-0.2, 0) is 6.54 Å². The number of fused-ring (bicyclic) bond motifs is 1. The molecule has 6 heteroatoms. The first-order chi connectivity index (χ1) is 11.0. The number of rotatable bonds is 4. The van der Waals surface area contributed by atoms with E-state index in [9.17, 15) is 20.0 Å². The molecule has 0 fully saturated rings. The van der Waals surface area contributed by atoms with Crippen molar-refractivity contribution in [2.24, 2.45) is 0 Å². The molecule has 0 aliphatic rings. The predicted molar refractivity (Wildman–Crippen MR) is 85.8 cm³/mol. The molecule has 1 N–H and O–H groups in total. The van der Waals surface area contributed by atoms with Crippen LogP contribution in [0.15, 0.2) is 48.5 Å². The predicted octanol–water partition coefficient (Wildman–Crippen LogP) is 3.60. The SMILES string of the molecule is Cc1cccc(Cn2c(C(=O)O)cc3cc([N+](=O)[O-])ccc32)c1. The number of carbonyl (C=O) groups is 1.